The molecule has 15 heavy (non-hydrogen) atoms. The van der Waals surface area contributed by atoms with Gasteiger partial charge in [-0.1, -0.05) is 5.10 Å². The van der Waals surface area contributed by atoms with E-state index in [0.717, 1.165) is 5.82 Å². The summed E-state index contributed by atoms with van der Waals surface area (Å²) >= 11 is 0. The van der Waals surface area contributed by atoms with Crippen LogP contribution < -0.4 is 5.32 Å². The highest BCUT2D eigenvalue weighted by Crippen LogP contribution is 2.12. The van der Waals surface area contributed by atoms with E-state index in [1.807, 2.05) is 18.5 Å². The van der Waals surface area contributed by atoms with Crippen molar-refractivity contribution < 1.29 is 0 Å². The lowest BCUT2D eigenvalue weighted by molar-refractivity contribution is 0.683. The third-order valence-electron chi connectivity index (χ3n) is 2.10. The molecule has 2 aromatic heterocycles. The number of nitrogens with one attached hydrogen (secondary N) is 1. The number of aromatic nitrogens is 7. The summed E-state index contributed by atoms with van der Waals surface area (Å²) in [6.45, 7) is 1.97. The van der Waals surface area contributed by atoms with E-state index in [0.29, 0.717) is 5.95 Å². The average molecular weight is 208 g/mol. The highest BCUT2D eigenvalue weighted by atomic mass is 15.6. The second-order valence-electron chi connectivity index (χ2n) is 3.29. The van der Waals surface area contributed by atoms with E-state index in [1.54, 1.807) is 18.1 Å². The zero-order valence-corrected chi connectivity index (χ0v) is 8.79. The Morgan fingerprint density at radius 3 is 2.67 bits per heavy atom. The largest absolute Gasteiger partial charge is 0.343 e. The Kier molecular flexibility index (Phi) is 2.32. The predicted molar refractivity (Wildman–Crippen MR) is 51.8 cm³/mol. The van der Waals surface area contributed by atoms with Crippen molar-refractivity contribution in [3.05, 3.63) is 12.2 Å². The number of hydrogen-bond acceptors (Lipinski definition) is 6. The lowest BCUT2D eigenvalue weighted by atomic mass is 10.3. The number of aryl methyl sites for hydroxylation is 2. The van der Waals surface area contributed by atoms with Gasteiger partial charge in [-0.15, -0.1) is 10.2 Å². The van der Waals surface area contributed by atoms with Crippen LogP contribution in [-0.4, -0.2) is 35.0 Å². The molecule has 1 atom stereocenters. The van der Waals surface area contributed by atoms with Gasteiger partial charge in [-0.2, -0.15) is 0 Å². The molecule has 1 unspecified atom stereocenters. The summed E-state index contributed by atoms with van der Waals surface area (Å²) < 4.78 is 3.41. The van der Waals surface area contributed by atoms with Crippen molar-refractivity contribution in [1.82, 2.24) is 35.0 Å². The minimum atomic E-state index is 0.00204. The molecular weight excluding hydrogens is 196 g/mol. The molecule has 2 rings (SSSR count). The average Bonchev–Trinajstić information content (AvgIpc) is 2.76. The molecule has 0 spiro atoms. The van der Waals surface area contributed by atoms with E-state index in [2.05, 4.69) is 31.0 Å². The smallest absolute Gasteiger partial charge is 0.243 e. The number of rotatable bonds is 3. The van der Waals surface area contributed by atoms with E-state index in [4.69, 9.17) is 0 Å². The first kappa shape index (κ1) is 9.56. The molecule has 0 aromatic carbocycles. The molecular formula is C7H12N8. The third kappa shape index (κ3) is 1.78. The van der Waals surface area contributed by atoms with Gasteiger partial charge < -0.3 is 9.88 Å². The summed E-state index contributed by atoms with van der Waals surface area (Å²) in [7, 11) is 3.66. The van der Waals surface area contributed by atoms with Gasteiger partial charge in [0.05, 0.1) is 6.04 Å². The fourth-order valence-corrected chi connectivity index (χ4v) is 1.29. The summed E-state index contributed by atoms with van der Waals surface area (Å²) in [5, 5.41) is 22.0. The lowest BCUT2D eigenvalue weighted by Gasteiger charge is -2.11. The molecule has 2 heterocycles. The molecule has 80 valence electrons. The number of anilines is 1. The fourth-order valence-electron chi connectivity index (χ4n) is 1.29. The van der Waals surface area contributed by atoms with Crippen molar-refractivity contribution in [3.63, 3.8) is 0 Å². The van der Waals surface area contributed by atoms with Gasteiger partial charge in [0, 0.05) is 14.1 Å². The number of hydrogen-bond donors (Lipinski definition) is 1. The Hall–Kier alpha value is -1.99. The molecule has 8 nitrogen and oxygen atoms in total. The van der Waals surface area contributed by atoms with Crippen molar-refractivity contribution >= 4 is 5.95 Å². The molecule has 0 amide bonds. The van der Waals surface area contributed by atoms with Crippen LogP contribution in [0.2, 0.25) is 0 Å². The Bertz CT molecular complexity index is 443. The molecule has 2 aromatic rings. The molecule has 1 N–H and O–H groups in total. The lowest BCUT2D eigenvalue weighted by Crippen LogP contribution is -2.14. The van der Waals surface area contributed by atoms with E-state index < -0.39 is 0 Å². The van der Waals surface area contributed by atoms with Crippen molar-refractivity contribution in [2.24, 2.45) is 14.1 Å². The Morgan fingerprint density at radius 2 is 2.13 bits per heavy atom. The van der Waals surface area contributed by atoms with Gasteiger partial charge in [0.2, 0.25) is 5.95 Å². The molecule has 0 aliphatic rings. The fraction of sp³-hybridized carbons (Fsp3) is 0.571. The summed E-state index contributed by atoms with van der Waals surface area (Å²) in [6, 6.07) is 0.00204. The number of tetrazole rings is 1. The van der Waals surface area contributed by atoms with Crippen LogP contribution in [0.5, 0.6) is 0 Å². The third-order valence-corrected chi connectivity index (χ3v) is 2.10. The molecule has 8 heteroatoms. The SMILES string of the molecule is CC(Nc1nnnn1C)c1nncn1C. The molecule has 0 fully saturated rings. The van der Waals surface area contributed by atoms with Crippen LogP contribution in [0.25, 0.3) is 0 Å². The van der Waals surface area contributed by atoms with Gasteiger partial charge in [-0.25, -0.2) is 4.68 Å². The second kappa shape index (κ2) is 3.64. The van der Waals surface area contributed by atoms with Crippen LogP contribution in [0.1, 0.15) is 18.8 Å². The molecule has 0 saturated heterocycles. The minimum absolute atomic E-state index is 0.00204. The quantitative estimate of drug-likeness (QED) is 0.732. The highest BCUT2D eigenvalue weighted by molar-refractivity contribution is 5.24. The topological polar surface area (TPSA) is 86.3 Å². The van der Waals surface area contributed by atoms with Gasteiger partial charge >= 0.3 is 0 Å². The van der Waals surface area contributed by atoms with E-state index in [1.165, 1.54) is 0 Å². The Balaban J connectivity index is 2.14. The highest BCUT2D eigenvalue weighted by Gasteiger charge is 2.13. The Labute approximate surface area is 86.3 Å². The van der Waals surface area contributed by atoms with Crippen LogP contribution >= 0.6 is 0 Å². The van der Waals surface area contributed by atoms with Crippen LogP contribution in [0, 0.1) is 0 Å². The summed E-state index contributed by atoms with van der Waals surface area (Å²) in [5.41, 5.74) is 0. The first-order valence-corrected chi connectivity index (χ1v) is 4.51. The summed E-state index contributed by atoms with van der Waals surface area (Å²) in [5.74, 6) is 1.43. The molecule has 0 radical (unpaired) electrons. The first-order valence-electron chi connectivity index (χ1n) is 4.51. The van der Waals surface area contributed by atoms with E-state index in [-0.39, 0.29) is 6.04 Å². The van der Waals surface area contributed by atoms with Crippen LogP contribution in [-0.2, 0) is 14.1 Å². The van der Waals surface area contributed by atoms with Gasteiger partial charge in [0.25, 0.3) is 0 Å². The molecule has 0 bridgehead atoms. The maximum Gasteiger partial charge on any atom is 0.243 e. The Morgan fingerprint density at radius 1 is 1.33 bits per heavy atom. The minimum Gasteiger partial charge on any atom is -0.343 e. The standard InChI is InChI=1S/C7H12N8/c1-5(6-10-8-4-14(6)2)9-7-11-12-13-15(7)3/h4-5H,1-3H3,(H,9,11,13). The van der Waals surface area contributed by atoms with E-state index >= 15 is 0 Å². The maximum absolute atomic E-state index is 4.00. The van der Waals surface area contributed by atoms with Gasteiger partial charge in [-0.05, 0) is 17.4 Å². The second-order valence-corrected chi connectivity index (χ2v) is 3.29. The zero-order chi connectivity index (χ0) is 10.8. The number of nitrogens with zero attached hydrogens (tertiary/aromatic N) is 7. The summed E-state index contributed by atoms with van der Waals surface area (Å²) in [4.78, 5) is 0. The van der Waals surface area contributed by atoms with Crippen LogP contribution in [0.15, 0.2) is 6.33 Å². The maximum atomic E-state index is 4.00. The zero-order valence-electron chi connectivity index (χ0n) is 8.79. The van der Waals surface area contributed by atoms with Gasteiger partial charge in [0.15, 0.2) is 5.82 Å². The van der Waals surface area contributed by atoms with Crippen molar-refractivity contribution in [2.45, 2.75) is 13.0 Å². The van der Waals surface area contributed by atoms with Crippen molar-refractivity contribution in [2.75, 3.05) is 5.32 Å². The van der Waals surface area contributed by atoms with E-state index in [9.17, 15) is 0 Å². The van der Waals surface area contributed by atoms with Crippen LogP contribution in [0.4, 0.5) is 5.95 Å². The molecule has 0 aliphatic heterocycles. The van der Waals surface area contributed by atoms with Crippen molar-refractivity contribution in [3.8, 4) is 0 Å². The molecule has 0 aliphatic carbocycles. The molecule has 0 saturated carbocycles. The monoisotopic (exact) mass is 208 g/mol. The van der Waals surface area contributed by atoms with Crippen LogP contribution in [0.3, 0.4) is 0 Å². The predicted octanol–water partition coefficient (Wildman–Crippen LogP) is -0.488. The van der Waals surface area contributed by atoms with Gasteiger partial charge in [-0.3, -0.25) is 0 Å². The summed E-state index contributed by atoms with van der Waals surface area (Å²) in [6.07, 6.45) is 1.66. The van der Waals surface area contributed by atoms with Crippen molar-refractivity contribution in [1.29, 1.82) is 0 Å². The first-order chi connectivity index (χ1) is 7.18. The normalized spacial score (nSPS) is 12.7. The van der Waals surface area contributed by atoms with Gasteiger partial charge in [0.1, 0.15) is 6.33 Å².